The Morgan fingerprint density at radius 2 is 1.89 bits per heavy atom. The summed E-state index contributed by atoms with van der Waals surface area (Å²) >= 11 is 5.89. The van der Waals surface area contributed by atoms with Crippen LogP contribution < -0.4 is 0 Å². The molecule has 2 aromatic rings. The molecule has 0 radical (unpaired) electrons. The van der Waals surface area contributed by atoms with Crippen molar-refractivity contribution in [1.82, 2.24) is 0 Å². The summed E-state index contributed by atoms with van der Waals surface area (Å²) in [4.78, 5) is 12.2. The Morgan fingerprint density at radius 1 is 1.11 bits per heavy atom. The Bertz CT molecular complexity index is 587. The zero-order chi connectivity index (χ0) is 13.1. The normalized spacial score (nSPS) is 10.4. The average molecular weight is 259 g/mol. The van der Waals surface area contributed by atoms with Gasteiger partial charge in [-0.1, -0.05) is 41.4 Å². The van der Waals surface area contributed by atoms with Gasteiger partial charge >= 0.3 is 0 Å². The topological polar surface area (TPSA) is 17.1 Å². The molecule has 0 amide bonds. The largest absolute Gasteiger partial charge is 0.294 e. The molecule has 0 fully saturated rings. The highest BCUT2D eigenvalue weighted by Crippen LogP contribution is 2.17. The van der Waals surface area contributed by atoms with Crippen LogP contribution in [-0.2, 0) is 6.42 Å². The van der Waals surface area contributed by atoms with Crippen molar-refractivity contribution < 1.29 is 4.79 Å². The molecule has 1 nitrogen and oxygen atoms in total. The highest BCUT2D eigenvalue weighted by molar-refractivity contribution is 6.30. The molecular weight excluding hydrogens is 244 g/mol. The van der Waals surface area contributed by atoms with Crippen LogP contribution in [0.3, 0.4) is 0 Å². The van der Waals surface area contributed by atoms with Crippen molar-refractivity contribution in [3.8, 4) is 0 Å². The predicted octanol–water partition coefficient (Wildman–Crippen LogP) is 4.38. The van der Waals surface area contributed by atoms with Crippen LogP contribution in [-0.4, -0.2) is 5.78 Å². The minimum Gasteiger partial charge on any atom is -0.294 e. The Hall–Kier alpha value is -1.60. The minimum absolute atomic E-state index is 0.134. The van der Waals surface area contributed by atoms with Gasteiger partial charge in [-0.3, -0.25) is 4.79 Å². The highest BCUT2D eigenvalue weighted by Gasteiger charge is 2.10. The lowest BCUT2D eigenvalue weighted by atomic mass is 9.98. The van der Waals surface area contributed by atoms with E-state index in [0.29, 0.717) is 11.4 Å². The summed E-state index contributed by atoms with van der Waals surface area (Å²) in [6, 6.07) is 13.4. The fourth-order valence-corrected chi connectivity index (χ4v) is 2.27. The molecule has 2 rings (SSSR count). The summed E-state index contributed by atoms with van der Waals surface area (Å²) in [5.74, 6) is 0.134. The van der Waals surface area contributed by atoms with Crippen LogP contribution in [0.2, 0.25) is 5.02 Å². The summed E-state index contributed by atoms with van der Waals surface area (Å²) in [6.45, 7) is 3.94. The molecule has 0 aliphatic heterocycles. The summed E-state index contributed by atoms with van der Waals surface area (Å²) < 4.78 is 0. The van der Waals surface area contributed by atoms with Gasteiger partial charge in [0, 0.05) is 17.0 Å². The number of Topliss-reactive ketones (excluding diaryl/α,β-unsaturated/α-hetero) is 1. The van der Waals surface area contributed by atoms with Crippen molar-refractivity contribution >= 4 is 17.4 Å². The minimum atomic E-state index is 0.134. The molecule has 0 atom stereocenters. The van der Waals surface area contributed by atoms with Gasteiger partial charge in [0.15, 0.2) is 5.78 Å². The van der Waals surface area contributed by atoms with Crippen LogP contribution in [0.4, 0.5) is 0 Å². The van der Waals surface area contributed by atoms with Crippen molar-refractivity contribution in [2.75, 3.05) is 0 Å². The van der Waals surface area contributed by atoms with E-state index in [2.05, 4.69) is 0 Å². The van der Waals surface area contributed by atoms with E-state index in [-0.39, 0.29) is 5.78 Å². The van der Waals surface area contributed by atoms with Gasteiger partial charge in [0.05, 0.1) is 0 Å². The quantitative estimate of drug-likeness (QED) is 0.747. The van der Waals surface area contributed by atoms with E-state index in [9.17, 15) is 4.79 Å². The van der Waals surface area contributed by atoms with Crippen molar-refractivity contribution in [3.05, 3.63) is 69.7 Å². The van der Waals surface area contributed by atoms with Gasteiger partial charge in [0.1, 0.15) is 0 Å². The smallest absolute Gasteiger partial charge is 0.167 e. The fourth-order valence-electron chi connectivity index (χ4n) is 2.04. The third-order valence-electron chi connectivity index (χ3n) is 2.94. The number of hydrogen-bond donors (Lipinski definition) is 0. The molecule has 0 heterocycles. The molecule has 0 aromatic heterocycles. The second-order valence-electron chi connectivity index (χ2n) is 4.55. The molecule has 0 saturated heterocycles. The number of carbonyl (C=O) groups is 1. The lowest BCUT2D eigenvalue weighted by Gasteiger charge is -2.06. The lowest BCUT2D eigenvalue weighted by molar-refractivity contribution is 0.0992. The summed E-state index contributed by atoms with van der Waals surface area (Å²) in [5.41, 5.74) is 3.91. The number of hydrogen-bond acceptors (Lipinski definition) is 1. The molecule has 0 N–H and O–H groups in total. The number of ketones is 1. The SMILES string of the molecule is Cc1cccc(CC(=O)c2ccc(Cl)cc2C)c1. The number of rotatable bonds is 3. The second kappa shape index (κ2) is 5.36. The van der Waals surface area contributed by atoms with Crippen molar-refractivity contribution in [3.63, 3.8) is 0 Å². The fraction of sp³-hybridized carbons (Fsp3) is 0.188. The Kier molecular flexibility index (Phi) is 3.83. The number of aryl methyl sites for hydroxylation is 2. The summed E-state index contributed by atoms with van der Waals surface area (Å²) in [6.07, 6.45) is 0.435. The average Bonchev–Trinajstić information content (AvgIpc) is 2.28. The number of benzene rings is 2. The first-order valence-corrected chi connectivity index (χ1v) is 6.29. The molecule has 0 saturated carbocycles. The second-order valence-corrected chi connectivity index (χ2v) is 4.98. The maximum atomic E-state index is 12.2. The molecular formula is C16H15ClO. The Balaban J connectivity index is 2.22. The number of carbonyl (C=O) groups excluding carboxylic acids is 1. The van der Waals surface area contributed by atoms with Gasteiger partial charge in [0.2, 0.25) is 0 Å². The van der Waals surface area contributed by atoms with Crippen LogP contribution in [0, 0.1) is 13.8 Å². The van der Waals surface area contributed by atoms with Gasteiger partial charge in [0.25, 0.3) is 0 Å². The van der Waals surface area contributed by atoms with Gasteiger partial charge in [-0.15, -0.1) is 0 Å². The summed E-state index contributed by atoms with van der Waals surface area (Å²) in [7, 11) is 0. The highest BCUT2D eigenvalue weighted by atomic mass is 35.5. The maximum absolute atomic E-state index is 12.2. The first-order chi connectivity index (χ1) is 8.56. The van der Waals surface area contributed by atoms with E-state index in [1.807, 2.05) is 44.2 Å². The van der Waals surface area contributed by atoms with E-state index in [1.54, 1.807) is 12.1 Å². The van der Waals surface area contributed by atoms with Crippen molar-refractivity contribution in [1.29, 1.82) is 0 Å². The van der Waals surface area contributed by atoms with Gasteiger partial charge in [-0.2, -0.15) is 0 Å². The first kappa shape index (κ1) is 12.8. The third-order valence-corrected chi connectivity index (χ3v) is 3.17. The Labute approximate surface area is 112 Å². The third kappa shape index (κ3) is 2.99. The van der Waals surface area contributed by atoms with Crippen molar-refractivity contribution in [2.24, 2.45) is 0 Å². The van der Waals surface area contributed by atoms with E-state index in [0.717, 1.165) is 16.7 Å². The van der Waals surface area contributed by atoms with E-state index >= 15 is 0 Å². The van der Waals surface area contributed by atoms with Gasteiger partial charge in [-0.05, 0) is 43.2 Å². The van der Waals surface area contributed by atoms with E-state index in [1.165, 1.54) is 5.56 Å². The van der Waals surface area contributed by atoms with Crippen LogP contribution in [0.5, 0.6) is 0 Å². The van der Waals surface area contributed by atoms with Gasteiger partial charge < -0.3 is 0 Å². The monoisotopic (exact) mass is 258 g/mol. The number of halogens is 1. The zero-order valence-electron chi connectivity index (χ0n) is 10.5. The molecule has 0 bridgehead atoms. The zero-order valence-corrected chi connectivity index (χ0v) is 11.3. The summed E-state index contributed by atoms with van der Waals surface area (Å²) in [5, 5.41) is 0.666. The van der Waals surface area contributed by atoms with Crippen molar-refractivity contribution in [2.45, 2.75) is 20.3 Å². The predicted molar refractivity (Wildman–Crippen MR) is 75.4 cm³/mol. The molecule has 0 aliphatic carbocycles. The molecule has 92 valence electrons. The molecule has 2 heteroatoms. The van der Waals surface area contributed by atoms with Crippen LogP contribution in [0.15, 0.2) is 42.5 Å². The standard InChI is InChI=1S/C16H15ClO/c1-11-4-3-5-13(8-11)10-16(18)15-7-6-14(17)9-12(15)2/h3-9H,10H2,1-2H3. The molecule has 18 heavy (non-hydrogen) atoms. The van der Waals surface area contributed by atoms with Crippen LogP contribution in [0.25, 0.3) is 0 Å². The maximum Gasteiger partial charge on any atom is 0.167 e. The molecule has 0 unspecified atom stereocenters. The van der Waals surface area contributed by atoms with Gasteiger partial charge in [-0.25, -0.2) is 0 Å². The first-order valence-electron chi connectivity index (χ1n) is 5.91. The lowest BCUT2D eigenvalue weighted by Crippen LogP contribution is -2.05. The molecule has 0 aliphatic rings. The molecule has 2 aromatic carbocycles. The van der Waals surface area contributed by atoms with Crippen LogP contribution in [0.1, 0.15) is 27.0 Å². The Morgan fingerprint density at radius 3 is 2.56 bits per heavy atom. The van der Waals surface area contributed by atoms with Crippen LogP contribution >= 0.6 is 11.6 Å². The molecule has 0 spiro atoms. The van der Waals surface area contributed by atoms with E-state index < -0.39 is 0 Å². The van der Waals surface area contributed by atoms with E-state index in [4.69, 9.17) is 11.6 Å².